The second-order valence-corrected chi connectivity index (χ2v) is 8.08. The van der Waals surface area contributed by atoms with E-state index < -0.39 is 9.84 Å². The predicted octanol–water partition coefficient (Wildman–Crippen LogP) is 1.84. The third-order valence-corrected chi connectivity index (χ3v) is 4.76. The Kier molecular flexibility index (Phi) is 8.67. The van der Waals surface area contributed by atoms with Crippen molar-refractivity contribution in [2.75, 3.05) is 37.5 Å². The van der Waals surface area contributed by atoms with Crippen molar-refractivity contribution in [3.63, 3.8) is 0 Å². The molecule has 152 valence electrons. The van der Waals surface area contributed by atoms with E-state index >= 15 is 0 Å². The highest BCUT2D eigenvalue weighted by Crippen LogP contribution is 2.22. The largest absolute Gasteiger partial charge is 0.464 e. The summed E-state index contributed by atoms with van der Waals surface area (Å²) < 4.78 is 33.2. The van der Waals surface area contributed by atoms with Crippen LogP contribution in [0, 0.1) is 18.3 Å². The van der Waals surface area contributed by atoms with Gasteiger partial charge in [-0.1, -0.05) is 6.07 Å². The van der Waals surface area contributed by atoms with E-state index in [-0.39, 0.29) is 30.1 Å². The summed E-state index contributed by atoms with van der Waals surface area (Å²) in [5.74, 6) is -0.775. The van der Waals surface area contributed by atoms with Crippen molar-refractivity contribution in [3.05, 3.63) is 34.2 Å². The molecule has 0 aliphatic heterocycles. The lowest BCUT2D eigenvalue weighted by atomic mass is 10.1. The van der Waals surface area contributed by atoms with E-state index in [0.717, 1.165) is 17.5 Å². The van der Waals surface area contributed by atoms with Crippen molar-refractivity contribution in [2.24, 2.45) is 0 Å². The van der Waals surface area contributed by atoms with E-state index in [1.807, 2.05) is 11.0 Å². The van der Waals surface area contributed by atoms with Gasteiger partial charge < -0.3 is 14.4 Å². The molecule has 0 amide bonds. The summed E-state index contributed by atoms with van der Waals surface area (Å²) in [4.78, 5) is 23.5. The average Bonchev–Trinajstić information content (AvgIpc) is 2.57. The molecule has 1 rings (SSSR count). The quantitative estimate of drug-likeness (QED) is 0.449. The van der Waals surface area contributed by atoms with Gasteiger partial charge in [0.15, 0.2) is 9.84 Å². The number of anilines is 1. The molecule has 0 aliphatic rings. The standard InChI is InChI=1S/C19H24N2O6S/c1-14-11-18(6-5-17(14)12-19(13-20)28(4,24)25)21(7-9-26-15(2)22)8-10-27-16(3)23/h5-6,11-12H,7-10H2,1-4H3/b19-12+. The molecule has 1 aromatic carbocycles. The molecule has 0 radical (unpaired) electrons. The zero-order chi connectivity index (χ0) is 21.3. The van der Waals surface area contributed by atoms with E-state index in [1.165, 1.54) is 19.9 Å². The number of sulfone groups is 1. The zero-order valence-electron chi connectivity index (χ0n) is 16.4. The number of ether oxygens (including phenoxy) is 2. The molecule has 9 heteroatoms. The first-order valence-corrected chi connectivity index (χ1v) is 10.4. The lowest BCUT2D eigenvalue weighted by Gasteiger charge is -2.25. The van der Waals surface area contributed by atoms with E-state index in [2.05, 4.69) is 0 Å². The van der Waals surface area contributed by atoms with E-state index in [0.29, 0.717) is 18.7 Å². The van der Waals surface area contributed by atoms with Gasteiger partial charge in [-0.3, -0.25) is 9.59 Å². The van der Waals surface area contributed by atoms with E-state index in [1.54, 1.807) is 25.1 Å². The van der Waals surface area contributed by atoms with Crippen molar-refractivity contribution in [3.8, 4) is 6.07 Å². The second-order valence-electron chi connectivity index (χ2n) is 6.10. The number of hydrogen-bond donors (Lipinski definition) is 0. The number of benzene rings is 1. The second kappa shape index (κ2) is 10.5. The molecule has 0 aromatic heterocycles. The van der Waals surface area contributed by atoms with Crippen molar-refractivity contribution >= 4 is 33.5 Å². The number of allylic oxidation sites excluding steroid dienone is 1. The van der Waals surface area contributed by atoms with E-state index in [9.17, 15) is 18.0 Å². The topological polar surface area (TPSA) is 114 Å². The Labute approximate surface area is 165 Å². The monoisotopic (exact) mass is 408 g/mol. The van der Waals surface area contributed by atoms with Gasteiger partial charge in [-0.05, 0) is 36.3 Å². The minimum absolute atomic E-state index is 0.169. The highest BCUT2D eigenvalue weighted by atomic mass is 32.2. The van der Waals surface area contributed by atoms with Crippen molar-refractivity contribution in [2.45, 2.75) is 20.8 Å². The molecular weight excluding hydrogens is 384 g/mol. The number of aryl methyl sites for hydroxylation is 1. The van der Waals surface area contributed by atoms with Crippen LogP contribution in [0.25, 0.3) is 6.08 Å². The molecule has 0 bridgehead atoms. The van der Waals surface area contributed by atoms with Crippen molar-refractivity contribution in [1.29, 1.82) is 5.26 Å². The zero-order valence-corrected chi connectivity index (χ0v) is 17.2. The molecule has 0 unspecified atom stereocenters. The summed E-state index contributed by atoms with van der Waals surface area (Å²) in [6, 6.07) is 6.99. The van der Waals surface area contributed by atoms with E-state index in [4.69, 9.17) is 14.7 Å². The maximum atomic E-state index is 11.6. The van der Waals surface area contributed by atoms with Gasteiger partial charge in [-0.15, -0.1) is 0 Å². The number of nitriles is 1. The fourth-order valence-corrected chi connectivity index (χ4v) is 2.86. The van der Waals surface area contributed by atoms with Crippen LogP contribution in [-0.4, -0.2) is 52.9 Å². The summed E-state index contributed by atoms with van der Waals surface area (Å²) in [7, 11) is -3.60. The minimum Gasteiger partial charge on any atom is -0.464 e. The first-order valence-electron chi connectivity index (χ1n) is 8.48. The number of hydrogen-bond acceptors (Lipinski definition) is 8. The summed E-state index contributed by atoms with van der Waals surface area (Å²) in [6.45, 7) is 5.56. The number of carbonyl (C=O) groups excluding carboxylic acids is 2. The Balaban J connectivity index is 3.08. The SMILES string of the molecule is CC(=O)OCCN(CCOC(C)=O)c1ccc(/C=C(\C#N)S(C)(=O)=O)c(C)c1. The van der Waals surface area contributed by atoms with Crippen LogP contribution in [0.1, 0.15) is 25.0 Å². The Morgan fingerprint density at radius 1 is 1.14 bits per heavy atom. The molecule has 0 N–H and O–H groups in total. The van der Waals surface area contributed by atoms with Crippen LogP contribution in [-0.2, 0) is 28.9 Å². The molecule has 8 nitrogen and oxygen atoms in total. The van der Waals surface area contributed by atoms with Gasteiger partial charge in [0.25, 0.3) is 0 Å². The molecule has 0 spiro atoms. The van der Waals surface area contributed by atoms with Gasteiger partial charge in [0.1, 0.15) is 24.2 Å². The van der Waals surface area contributed by atoms with Gasteiger partial charge >= 0.3 is 11.9 Å². The van der Waals surface area contributed by atoms with Gasteiger partial charge in [-0.25, -0.2) is 8.42 Å². The summed E-state index contributed by atoms with van der Waals surface area (Å²) in [5.41, 5.74) is 2.15. The molecule has 0 saturated heterocycles. The Bertz CT molecular complexity index is 879. The van der Waals surface area contributed by atoms with Gasteiger partial charge in [-0.2, -0.15) is 5.26 Å². The maximum absolute atomic E-state index is 11.6. The van der Waals surface area contributed by atoms with Crippen LogP contribution >= 0.6 is 0 Å². The Morgan fingerprint density at radius 3 is 2.07 bits per heavy atom. The number of esters is 2. The summed E-state index contributed by atoms with van der Waals surface area (Å²) in [6.07, 6.45) is 2.31. The smallest absolute Gasteiger partial charge is 0.302 e. The van der Waals surface area contributed by atoms with Crippen LogP contribution in [0.4, 0.5) is 5.69 Å². The van der Waals surface area contributed by atoms with Crippen molar-refractivity contribution < 1.29 is 27.5 Å². The minimum atomic E-state index is -3.60. The van der Waals surface area contributed by atoms with Gasteiger partial charge in [0, 0.05) is 25.8 Å². The number of nitrogens with zero attached hydrogens (tertiary/aromatic N) is 2. The lowest BCUT2D eigenvalue weighted by molar-refractivity contribution is -0.141. The predicted molar refractivity (Wildman–Crippen MR) is 105 cm³/mol. The number of carbonyl (C=O) groups is 2. The molecule has 28 heavy (non-hydrogen) atoms. The Hall–Kier alpha value is -2.86. The molecule has 0 aliphatic carbocycles. The fraction of sp³-hybridized carbons (Fsp3) is 0.421. The molecular formula is C19H24N2O6S. The van der Waals surface area contributed by atoms with Gasteiger partial charge in [0.05, 0.1) is 13.1 Å². The molecule has 0 heterocycles. The first kappa shape index (κ1) is 23.2. The van der Waals surface area contributed by atoms with Crippen LogP contribution in [0.5, 0.6) is 0 Å². The van der Waals surface area contributed by atoms with Crippen LogP contribution in [0.2, 0.25) is 0 Å². The van der Waals surface area contributed by atoms with Crippen LogP contribution in [0.3, 0.4) is 0 Å². The number of rotatable bonds is 9. The molecule has 0 atom stereocenters. The average molecular weight is 408 g/mol. The molecule has 1 aromatic rings. The van der Waals surface area contributed by atoms with Crippen LogP contribution in [0.15, 0.2) is 23.1 Å². The third-order valence-electron chi connectivity index (χ3n) is 3.75. The van der Waals surface area contributed by atoms with Crippen LogP contribution < -0.4 is 4.90 Å². The lowest BCUT2D eigenvalue weighted by Crippen LogP contribution is -2.32. The Morgan fingerprint density at radius 2 is 1.68 bits per heavy atom. The molecule has 0 fully saturated rings. The highest BCUT2D eigenvalue weighted by molar-refractivity contribution is 7.95. The van der Waals surface area contributed by atoms with Crippen molar-refractivity contribution in [1.82, 2.24) is 0 Å². The fourth-order valence-electron chi connectivity index (χ4n) is 2.35. The summed E-state index contributed by atoms with van der Waals surface area (Å²) >= 11 is 0. The maximum Gasteiger partial charge on any atom is 0.302 e. The van der Waals surface area contributed by atoms with Gasteiger partial charge in [0.2, 0.25) is 0 Å². The molecule has 0 saturated carbocycles. The highest BCUT2D eigenvalue weighted by Gasteiger charge is 2.13. The first-order chi connectivity index (χ1) is 13.0. The third kappa shape index (κ3) is 7.80. The summed E-state index contributed by atoms with van der Waals surface area (Å²) in [5, 5.41) is 9.05. The normalized spacial score (nSPS) is 11.5.